The van der Waals surface area contributed by atoms with Crippen molar-refractivity contribution in [2.45, 2.75) is 38.9 Å². The summed E-state index contributed by atoms with van der Waals surface area (Å²) in [6.07, 6.45) is 0.679. The van der Waals surface area contributed by atoms with E-state index in [1.807, 2.05) is 20.8 Å². The number of aliphatic hydroxyl groups is 1. The van der Waals surface area contributed by atoms with Crippen LogP contribution in [0.1, 0.15) is 27.2 Å². The highest BCUT2D eigenvalue weighted by atomic mass is 16.5. The van der Waals surface area contributed by atoms with E-state index in [1.54, 1.807) is 0 Å². The second kappa shape index (κ2) is 8.01. The first kappa shape index (κ1) is 15.8. The van der Waals surface area contributed by atoms with E-state index in [1.165, 1.54) is 0 Å². The molecule has 0 aromatic carbocycles. The van der Waals surface area contributed by atoms with Crippen molar-refractivity contribution in [2.75, 3.05) is 40.3 Å². The van der Waals surface area contributed by atoms with E-state index >= 15 is 0 Å². The van der Waals surface area contributed by atoms with Crippen molar-refractivity contribution in [3.05, 3.63) is 0 Å². The van der Waals surface area contributed by atoms with Crippen molar-refractivity contribution in [1.82, 2.24) is 10.2 Å². The number of nitrogens with one attached hydrogen (secondary N) is 1. The van der Waals surface area contributed by atoms with Gasteiger partial charge in [0.05, 0.1) is 18.3 Å². The molecule has 4 nitrogen and oxygen atoms in total. The van der Waals surface area contributed by atoms with Crippen LogP contribution in [0.2, 0.25) is 0 Å². The molecule has 0 bridgehead atoms. The fourth-order valence-corrected chi connectivity index (χ4v) is 1.19. The summed E-state index contributed by atoms with van der Waals surface area (Å²) in [6, 6.07) is 0. The molecular weight excluding hydrogens is 204 g/mol. The van der Waals surface area contributed by atoms with Crippen LogP contribution in [-0.4, -0.2) is 62.0 Å². The molecule has 0 aliphatic rings. The number of hydrogen-bond donors (Lipinski definition) is 2. The Morgan fingerprint density at radius 3 is 2.44 bits per heavy atom. The highest BCUT2D eigenvalue weighted by molar-refractivity contribution is 4.64. The van der Waals surface area contributed by atoms with Gasteiger partial charge in [-0.15, -0.1) is 0 Å². The fraction of sp³-hybridized carbons (Fsp3) is 1.00. The zero-order chi connectivity index (χ0) is 12.6. The van der Waals surface area contributed by atoms with E-state index in [0.717, 1.165) is 19.5 Å². The third-order valence-electron chi connectivity index (χ3n) is 2.05. The topological polar surface area (TPSA) is 44.7 Å². The van der Waals surface area contributed by atoms with Gasteiger partial charge >= 0.3 is 0 Å². The molecule has 0 aliphatic carbocycles. The molecule has 1 unspecified atom stereocenters. The lowest BCUT2D eigenvalue weighted by Gasteiger charge is -2.22. The number of aliphatic hydroxyl groups excluding tert-OH is 1. The molecule has 4 heteroatoms. The van der Waals surface area contributed by atoms with Gasteiger partial charge in [0.2, 0.25) is 0 Å². The normalized spacial score (nSPS) is 14.4. The van der Waals surface area contributed by atoms with Gasteiger partial charge in [0.1, 0.15) is 0 Å². The number of ether oxygens (including phenoxy) is 1. The first-order valence-corrected chi connectivity index (χ1v) is 5.99. The maximum Gasteiger partial charge on any atom is 0.0897 e. The summed E-state index contributed by atoms with van der Waals surface area (Å²) in [5, 5.41) is 12.8. The van der Waals surface area contributed by atoms with Gasteiger partial charge in [-0.05, 0) is 54.4 Å². The van der Waals surface area contributed by atoms with Gasteiger partial charge in [0, 0.05) is 6.54 Å². The molecule has 98 valence electrons. The molecule has 0 aromatic heterocycles. The van der Waals surface area contributed by atoms with Crippen molar-refractivity contribution < 1.29 is 9.84 Å². The molecule has 16 heavy (non-hydrogen) atoms. The molecule has 0 saturated carbocycles. The first-order valence-electron chi connectivity index (χ1n) is 5.99. The minimum absolute atomic E-state index is 0.175. The Labute approximate surface area is 100.0 Å². The summed E-state index contributed by atoms with van der Waals surface area (Å²) in [7, 11) is 4.12. The highest BCUT2D eigenvalue weighted by Gasteiger charge is 2.13. The fourth-order valence-electron chi connectivity index (χ4n) is 1.19. The third-order valence-corrected chi connectivity index (χ3v) is 2.05. The largest absolute Gasteiger partial charge is 0.389 e. The molecule has 0 radical (unpaired) electrons. The lowest BCUT2D eigenvalue weighted by atomic mass is 10.2. The molecule has 0 aliphatic heterocycles. The molecule has 0 heterocycles. The maximum absolute atomic E-state index is 9.62. The van der Waals surface area contributed by atoms with Gasteiger partial charge in [-0.1, -0.05) is 0 Å². The molecule has 0 aromatic rings. The lowest BCUT2D eigenvalue weighted by molar-refractivity contribution is -0.0478. The van der Waals surface area contributed by atoms with Crippen LogP contribution in [0.15, 0.2) is 0 Å². The second-order valence-electron chi connectivity index (χ2n) is 5.44. The van der Waals surface area contributed by atoms with Gasteiger partial charge in [-0.2, -0.15) is 0 Å². The standard InChI is InChI=1S/C12H28N2O2/c1-12(2,3)16-10-11(15)9-13-7-6-8-14(4)5/h11,13,15H,6-10H2,1-5H3. The minimum Gasteiger partial charge on any atom is -0.389 e. The molecule has 0 saturated heterocycles. The smallest absolute Gasteiger partial charge is 0.0897 e. The van der Waals surface area contributed by atoms with Gasteiger partial charge in [-0.25, -0.2) is 0 Å². The van der Waals surface area contributed by atoms with Crippen molar-refractivity contribution in [3.8, 4) is 0 Å². The number of rotatable bonds is 8. The predicted octanol–water partition coefficient (Wildman–Crippen LogP) is 0.704. The van der Waals surface area contributed by atoms with E-state index in [4.69, 9.17) is 4.74 Å². The molecule has 0 rings (SSSR count). The summed E-state index contributed by atoms with van der Waals surface area (Å²) in [5.74, 6) is 0. The Morgan fingerprint density at radius 1 is 1.31 bits per heavy atom. The molecule has 0 amide bonds. The quantitative estimate of drug-likeness (QED) is 0.605. The Hall–Kier alpha value is -0.160. The zero-order valence-electron chi connectivity index (χ0n) is 11.4. The van der Waals surface area contributed by atoms with E-state index < -0.39 is 6.10 Å². The molecule has 1 atom stereocenters. The van der Waals surface area contributed by atoms with Crippen LogP contribution in [0.5, 0.6) is 0 Å². The van der Waals surface area contributed by atoms with E-state index in [9.17, 15) is 5.11 Å². The minimum atomic E-state index is -0.418. The van der Waals surface area contributed by atoms with Crippen molar-refractivity contribution in [2.24, 2.45) is 0 Å². The average Bonchev–Trinajstić information content (AvgIpc) is 2.12. The second-order valence-corrected chi connectivity index (χ2v) is 5.44. The first-order chi connectivity index (χ1) is 7.31. The van der Waals surface area contributed by atoms with Crippen LogP contribution >= 0.6 is 0 Å². The summed E-state index contributed by atoms with van der Waals surface area (Å²) in [6.45, 7) is 8.97. The van der Waals surface area contributed by atoms with Crippen molar-refractivity contribution in [1.29, 1.82) is 0 Å². The van der Waals surface area contributed by atoms with Crippen molar-refractivity contribution in [3.63, 3.8) is 0 Å². The van der Waals surface area contributed by atoms with Crippen LogP contribution in [0, 0.1) is 0 Å². The van der Waals surface area contributed by atoms with Crippen LogP contribution in [0.3, 0.4) is 0 Å². The van der Waals surface area contributed by atoms with Gasteiger partial charge in [0.15, 0.2) is 0 Å². The molecule has 0 fully saturated rings. The monoisotopic (exact) mass is 232 g/mol. The summed E-state index contributed by atoms with van der Waals surface area (Å²) < 4.78 is 5.49. The van der Waals surface area contributed by atoms with Crippen LogP contribution in [0.25, 0.3) is 0 Å². The average molecular weight is 232 g/mol. The Balaban J connectivity index is 3.34. The Bertz CT molecular complexity index is 167. The van der Waals surface area contributed by atoms with Crippen LogP contribution < -0.4 is 5.32 Å². The van der Waals surface area contributed by atoms with Crippen LogP contribution in [-0.2, 0) is 4.74 Å². The zero-order valence-corrected chi connectivity index (χ0v) is 11.4. The molecule has 0 spiro atoms. The van der Waals surface area contributed by atoms with Gasteiger partial charge in [-0.3, -0.25) is 0 Å². The SMILES string of the molecule is CN(C)CCCNCC(O)COC(C)(C)C. The van der Waals surface area contributed by atoms with E-state index in [2.05, 4.69) is 24.3 Å². The Kier molecular flexibility index (Phi) is 7.93. The summed E-state index contributed by atoms with van der Waals surface area (Å²) in [4.78, 5) is 2.15. The van der Waals surface area contributed by atoms with E-state index in [0.29, 0.717) is 13.2 Å². The number of nitrogens with zero attached hydrogens (tertiary/aromatic N) is 1. The van der Waals surface area contributed by atoms with Crippen LogP contribution in [0.4, 0.5) is 0 Å². The maximum atomic E-state index is 9.62. The third kappa shape index (κ3) is 11.9. The lowest BCUT2D eigenvalue weighted by Crippen LogP contribution is -2.34. The summed E-state index contributed by atoms with van der Waals surface area (Å²) >= 11 is 0. The molecular formula is C12H28N2O2. The Morgan fingerprint density at radius 2 is 1.94 bits per heavy atom. The number of hydrogen-bond acceptors (Lipinski definition) is 4. The van der Waals surface area contributed by atoms with Gasteiger partial charge in [0.25, 0.3) is 0 Å². The molecule has 2 N–H and O–H groups in total. The van der Waals surface area contributed by atoms with Crippen molar-refractivity contribution >= 4 is 0 Å². The predicted molar refractivity (Wildman–Crippen MR) is 67.8 cm³/mol. The highest BCUT2D eigenvalue weighted by Crippen LogP contribution is 2.06. The van der Waals surface area contributed by atoms with Gasteiger partial charge < -0.3 is 20.1 Å². The van der Waals surface area contributed by atoms with E-state index in [-0.39, 0.29) is 5.60 Å². The summed E-state index contributed by atoms with van der Waals surface area (Å²) in [5.41, 5.74) is -0.175.